The molecule has 0 aliphatic heterocycles. The fraction of sp³-hybridized carbons (Fsp3) is 0.278. The zero-order valence-corrected chi connectivity index (χ0v) is 15.8. The molecule has 0 unspecified atom stereocenters. The Hall–Kier alpha value is -2.42. The van der Waals surface area contributed by atoms with Gasteiger partial charge in [-0.15, -0.1) is 11.3 Å². The van der Waals surface area contributed by atoms with E-state index in [1.165, 1.54) is 0 Å². The highest BCUT2D eigenvalue weighted by Gasteiger charge is 2.37. The molecule has 2 aromatic heterocycles. The molecule has 0 saturated heterocycles. The maximum atomic E-state index is 11.7. The van der Waals surface area contributed by atoms with Crippen LogP contribution in [0.3, 0.4) is 0 Å². The largest absolute Gasteiger partial charge is 0.463 e. The van der Waals surface area contributed by atoms with Crippen molar-refractivity contribution in [3.05, 3.63) is 34.2 Å². The summed E-state index contributed by atoms with van der Waals surface area (Å²) in [6.45, 7) is 0.584. The summed E-state index contributed by atoms with van der Waals surface area (Å²) in [5.74, 6) is -0.0303. The summed E-state index contributed by atoms with van der Waals surface area (Å²) >= 11 is 7.23. The molecule has 7 nitrogen and oxygen atoms in total. The number of hydrogen-bond donors (Lipinski definition) is 3. The SMILES string of the molecule is NC(=O)c1sc2nc(OC[C@H]3C[C@@H]3CO)nc(-c3cccc(Cl)c3)c2c1N. The van der Waals surface area contributed by atoms with E-state index in [1.807, 2.05) is 6.07 Å². The van der Waals surface area contributed by atoms with E-state index in [4.69, 9.17) is 32.9 Å². The number of nitrogen functional groups attached to an aromatic ring is 1. The van der Waals surface area contributed by atoms with E-state index in [2.05, 4.69) is 9.97 Å². The van der Waals surface area contributed by atoms with Crippen molar-refractivity contribution in [2.24, 2.45) is 17.6 Å². The number of thiophene rings is 1. The molecule has 2 heterocycles. The van der Waals surface area contributed by atoms with Crippen molar-refractivity contribution in [1.29, 1.82) is 0 Å². The standard InChI is InChI=1S/C18H17ClN4O3S/c19-11-3-1-2-8(5-11)14-12-13(20)15(16(21)25)27-17(12)23-18(22-14)26-7-10-4-9(10)6-24/h1-3,5,9-10,24H,4,6-7,20H2,(H2,21,25)/t9-,10-/m1/s1. The fourth-order valence-corrected chi connectivity index (χ4v) is 4.14. The number of benzene rings is 1. The minimum absolute atomic E-state index is 0.158. The summed E-state index contributed by atoms with van der Waals surface area (Å²) in [6, 6.07) is 7.37. The summed E-state index contributed by atoms with van der Waals surface area (Å²) < 4.78 is 5.76. The van der Waals surface area contributed by atoms with Gasteiger partial charge in [0.25, 0.3) is 5.91 Å². The Balaban J connectivity index is 1.80. The van der Waals surface area contributed by atoms with Gasteiger partial charge in [-0.1, -0.05) is 23.7 Å². The van der Waals surface area contributed by atoms with Crippen LogP contribution >= 0.6 is 22.9 Å². The van der Waals surface area contributed by atoms with Gasteiger partial charge in [-0.3, -0.25) is 4.79 Å². The number of ether oxygens (including phenoxy) is 1. The van der Waals surface area contributed by atoms with Crippen molar-refractivity contribution in [2.45, 2.75) is 6.42 Å². The molecule has 0 radical (unpaired) electrons. The Morgan fingerprint density at radius 1 is 1.37 bits per heavy atom. The predicted molar refractivity (Wildman–Crippen MR) is 105 cm³/mol. The summed E-state index contributed by atoms with van der Waals surface area (Å²) in [5, 5.41) is 10.3. The molecule has 2 atom stereocenters. The zero-order chi connectivity index (χ0) is 19.1. The van der Waals surface area contributed by atoms with Crippen molar-refractivity contribution < 1.29 is 14.6 Å². The Morgan fingerprint density at radius 3 is 2.85 bits per heavy atom. The number of halogens is 1. The highest BCUT2D eigenvalue weighted by molar-refractivity contribution is 7.21. The summed E-state index contributed by atoms with van der Waals surface area (Å²) in [7, 11) is 0. The quantitative estimate of drug-likeness (QED) is 0.580. The lowest BCUT2D eigenvalue weighted by molar-refractivity contribution is 0.100. The summed E-state index contributed by atoms with van der Waals surface area (Å²) in [5.41, 5.74) is 13.1. The van der Waals surface area contributed by atoms with Crippen LogP contribution in [0.5, 0.6) is 6.01 Å². The predicted octanol–water partition coefficient (Wildman–Crippen LogP) is 2.70. The number of rotatable bonds is 6. The number of aromatic nitrogens is 2. The van der Waals surface area contributed by atoms with Gasteiger partial charge in [-0.05, 0) is 30.4 Å². The van der Waals surface area contributed by atoms with Crippen LogP contribution in [0, 0.1) is 11.8 Å². The average Bonchev–Trinajstić information content (AvgIpc) is 3.34. The van der Waals surface area contributed by atoms with E-state index >= 15 is 0 Å². The van der Waals surface area contributed by atoms with Crippen LogP contribution in [0.4, 0.5) is 5.69 Å². The lowest BCUT2D eigenvalue weighted by Crippen LogP contribution is -2.10. The van der Waals surface area contributed by atoms with Crippen LogP contribution in [0.1, 0.15) is 16.1 Å². The van der Waals surface area contributed by atoms with Crippen molar-refractivity contribution in [1.82, 2.24) is 9.97 Å². The van der Waals surface area contributed by atoms with E-state index in [1.54, 1.807) is 18.2 Å². The van der Waals surface area contributed by atoms with Gasteiger partial charge < -0.3 is 21.3 Å². The van der Waals surface area contributed by atoms with Gasteiger partial charge in [-0.2, -0.15) is 9.97 Å². The molecule has 1 aromatic carbocycles. The van der Waals surface area contributed by atoms with Crippen LogP contribution in [0.15, 0.2) is 24.3 Å². The van der Waals surface area contributed by atoms with Gasteiger partial charge in [0.15, 0.2) is 0 Å². The second-order valence-corrected chi connectivity index (χ2v) is 7.94. The molecule has 1 aliphatic carbocycles. The highest BCUT2D eigenvalue weighted by Crippen LogP contribution is 2.41. The second kappa shape index (κ2) is 6.95. The lowest BCUT2D eigenvalue weighted by atomic mass is 10.1. The normalized spacial score (nSPS) is 18.6. The van der Waals surface area contributed by atoms with Crippen LogP contribution in [-0.4, -0.2) is 34.2 Å². The van der Waals surface area contributed by atoms with Crippen molar-refractivity contribution in [3.63, 3.8) is 0 Å². The first-order valence-corrected chi connectivity index (χ1v) is 9.56. The first-order valence-electron chi connectivity index (χ1n) is 8.37. The monoisotopic (exact) mass is 404 g/mol. The number of fused-ring (bicyclic) bond motifs is 1. The number of carbonyl (C=O) groups excluding carboxylic acids is 1. The minimum atomic E-state index is -0.612. The third kappa shape index (κ3) is 3.43. The van der Waals surface area contributed by atoms with Crippen molar-refractivity contribution in [2.75, 3.05) is 18.9 Å². The minimum Gasteiger partial charge on any atom is -0.463 e. The molecule has 1 amide bonds. The molecular formula is C18H17ClN4O3S. The number of aliphatic hydroxyl groups excluding tert-OH is 1. The third-order valence-electron chi connectivity index (χ3n) is 4.62. The molecule has 5 N–H and O–H groups in total. The van der Waals surface area contributed by atoms with E-state index in [9.17, 15) is 4.79 Å². The molecule has 9 heteroatoms. The topological polar surface area (TPSA) is 124 Å². The van der Waals surface area contributed by atoms with Crippen molar-refractivity contribution >= 4 is 44.7 Å². The van der Waals surface area contributed by atoms with Gasteiger partial charge in [-0.25, -0.2) is 0 Å². The van der Waals surface area contributed by atoms with E-state index in [-0.39, 0.29) is 29.1 Å². The van der Waals surface area contributed by atoms with Crippen molar-refractivity contribution in [3.8, 4) is 17.3 Å². The molecule has 140 valence electrons. The summed E-state index contributed by atoms with van der Waals surface area (Å²) in [6.07, 6.45) is 0.928. The number of primary amides is 1. The number of aliphatic hydroxyl groups is 1. The van der Waals surface area contributed by atoms with Crippen LogP contribution in [-0.2, 0) is 0 Å². The molecule has 27 heavy (non-hydrogen) atoms. The van der Waals surface area contributed by atoms with Gasteiger partial charge in [0.05, 0.1) is 23.4 Å². The molecule has 3 aromatic rings. The van der Waals surface area contributed by atoms with Crippen LogP contribution in [0.25, 0.3) is 21.5 Å². The molecular weight excluding hydrogens is 388 g/mol. The Bertz CT molecular complexity index is 1040. The molecule has 1 saturated carbocycles. The second-order valence-electron chi connectivity index (χ2n) is 6.50. The third-order valence-corrected chi connectivity index (χ3v) is 5.97. The molecule has 4 rings (SSSR count). The first-order chi connectivity index (χ1) is 13.0. The van der Waals surface area contributed by atoms with Crippen LogP contribution < -0.4 is 16.2 Å². The molecule has 0 spiro atoms. The number of carbonyl (C=O) groups is 1. The van der Waals surface area contributed by atoms with Gasteiger partial charge in [0.1, 0.15) is 9.71 Å². The maximum absolute atomic E-state index is 11.7. The first kappa shape index (κ1) is 18.0. The Kier molecular flexibility index (Phi) is 4.63. The van der Waals surface area contributed by atoms with E-state index in [0.717, 1.165) is 23.3 Å². The average molecular weight is 405 g/mol. The molecule has 0 bridgehead atoms. The number of nitrogens with zero attached hydrogens (tertiary/aromatic N) is 2. The van der Waals surface area contributed by atoms with Crippen LogP contribution in [0.2, 0.25) is 5.02 Å². The smallest absolute Gasteiger partial charge is 0.318 e. The molecule has 1 aliphatic rings. The number of nitrogens with two attached hydrogens (primary N) is 2. The van der Waals surface area contributed by atoms with E-state index in [0.29, 0.717) is 33.5 Å². The van der Waals surface area contributed by atoms with E-state index < -0.39 is 5.91 Å². The van der Waals surface area contributed by atoms with Gasteiger partial charge in [0.2, 0.25) is 0 Å². The lowest BCUT2D eigenvalue weighted by Gasteiger charge is -2.09. The maximum Gasteiger partial charge on any atom is 0.318 e. The fourth-order valence-electron chi connectivity index (χ4n) is 3.01. The number of hydrogen-bond acceptors (Lipinski definition) is 7. The Morgan fingerprint density at radius 2 is 2.19 bits per heavy atom. The Labute approximate surface area is 163 Å². The molecule has 1 fully saturated rings. The summed E-state index contributed by atoms with van der Waals surface area (Å²) in [4.78, 5) is 21.4. The van der Waals surface area contributed by atoms with Gasteiger partial charge in [0, 0.05) is 17.2 Å². The zero-order valence-electron chi connectivity index (χ0n) is 14.2. The number of anilines is 1. The highest BCUT2D eigenvalue weighted by atomic mass is 35.5. The number of amides is 1. The van der Waals surface area contributed by atoms with Gasteiger partial charge >= 0.3 is 6.01 Å².